The molecule has 1 unspecified atom stereocenters. The Kier molecular flexibility index (Phi) is 2.08. The molecule has 0 spiro atoms. The van der Waals surface area contributed by atoms with E-state index in [-0.39, 0.29) is 0 Å². The fraction of sp³-hybridized carbons (Fsp3) is 0.750. The number of carbonyl (C=O) groups is 2. The number of cyclic esters (lactones) is 2. The highest BCUT2D eigenvalue weighted by Crippen LogP contribution is 2.27. The van der Waals surface area contributed by atoms with Crippen LogP contribution in [0.15, 0.2) is 0 Å². The number of esters is 1. The topological polar surface area (TPSA) is 46.6 Å². The van der Waals surface area contributed by atoms with Crippen molar-refractivity contribution in [1.82, 2.24) is 4.90 Å². The van der Waals surface area contributed by atoms with Gasteiger partial charge >= 0.3 is 12.1 Å². The molecule has 0 radical (unpaired) electrons. The van der Waals surface area contributed by atoms with Crippen LogP contribution in [0.5, 0.6) is 0 Å². The molecule has 0 N–H and O–H groups in total. The third-order valence-corrected chi connectivity index (χ3v) is 2.35. The minimum Gasteiger partial charge on any atom is -0.376 e. The highest BCUT2D eigenvalue weighted by atomic mass is 16.6. The lowest BCUT2D eigenvalue weighted by Gasteiger charge is -2.34. The third kappa shape index (κ3) is 1.29. The normalized spacial score (nSPS) is 30.4. The van der Waals surface area contributed by atoms with Crippen molar-refractivity contribution in [3.05, 3.63) is 0 Å². The van der Waals surface area contributed by atoms with Crippen LogP contribution in [0.1, 0.15) is 20.3 Å². The lowest BCUT2D eigenvalue weighted by atomic mass is 9.86. The van der Waals surface area contributed by atoms with Gasteiger partial charge in [0.1, 0.15) is 0 Å². The molecule has 0 aromatic rings. The Morgan fingerprint density at radius 2 is 2.17 bits per heavy atom. The van der Waals surface area contributed by atoms with E-state index in [2.05, 4.69) is 4.74 Å². The Hall–Kier alpha value is -1.06. The number of carbonyl (C=O) groups excluding carboxylic acids is 2. The maximum absolute atomic E-state index is 11.2. The molecule has 1 atom stereocenters. The Bertz CT molecular complexity index is 226. The van der Waals surface area contributed by atoms with Gasteiger partial charge in [0.15, 0.2) is 0 Å². The quantitative estimate of drug-likeness (QED) is 0.437. The molecule has 4 heteroatoms. The Morgan fingerprint density at radius 3 is 2.67 bits per heavy atom. The van der Waals surface area contributed by atoms with Crippen molar-refractivity contribution in [2.75, 3.05) is 13.6 Å². The fourth-order valence-electron chi connectivity index (χ4n) is 1.19. The molecular weight excluding hydrogens is 158 g/mol. The molecule has 0 saturated carbocycles. The van der Waals surface area contributed by atoms with E-state index in [0.717, 1.165) is 0 Å². The van der Waals surface area contributed by atoms with Crippen LogP contribution in [0.3, 0.4) is 0 Å². The molecule has 0 bridgehead atoms. The lowest BCUT2D eigenvalue weighted by molar-refractivity contribution is -0.154. The molecule has 1 aliphatic rings. The first-order chi connectivity index (χ1) is 5.49. The fourth-order valence-corrected chi connectivity index (χ4v) is 1.19. The summed E-state index contributed by atoms with van der Waals surface area (Å²) in [6, 6.07) is 0. The maximum atomic E-state index is 11.2. The molecule has 0 aromatic heterocycles. The van der Waals surface area contributed by atoms with Crippen LogP contribution in [0.4, 0.5) is 4.79 Å². The minimum atomic E-state index is -0.550. The summed E-state index contributed by atoms with van der Waals surface area (Å²) in [5.74, 6) is -0.409. The minimum absolute atomic E-state index is 0.409. The number of amides is 1. The zero-order valence-corrected chi connectivity index (χ0v) is 7.59. The van der Waals surface area contributed by atoms with Crippen LogP contribution in [0, 0.1) is 5.41 Å². The lowest BCUT2D eigenvalue weighted by Crippen LogP contribution is -2.49. The zero-order chi connectivity index (χ0) is 9.35. The molecule has 4 nitrogen and oxygen atoms in total. The predicted molar refractivity (Wildman–Crippen MR) is 42.5 cm³/mol. The summed E-state index contributed by atoms with van der Waals surface area (Å²) in [6.45, 7) is 4.16. The van der Waals surface area contributed by atoms with Crippen molar-refractivity contribution in [1.29, 1.82) is 0 Å². The molecular formula is C8H13NO3. The summed E-state index contributed by atoms with van der Waals surface area (Å²) in [6.07, 6.45) is 0.134. The molecule has 0 aromatic carbocycles. The molecule has 1 fully saturated rings. The SMILES string of the molecule is CCC1(C)CN(C)C(=O)OC1=O. The predicted octanol–water partition coefficient (Wildman–Crippen LogP) is 1.01. The third-order valence-electron chi connectivity index (χ3n) is 2.35. The van der Waals surface area contributed by atoms with E-state index < -0.39 is 17.5 Å². The number of ether oxygens (including phenoxy) is 1. The molecule has 1 rings (SSSR count). The average Bonchev–Trinajstić information content (AvgIpc) is 2.01. The van der Waals surface area contributed by atoms with Crippen molar-refractivity contribution >= 4 is 12.1 Å². The van der Waals surface area contributed by atoms with E-state index in [1.54, 1.807) is 14.0 Å². The van der Waals surface area contributed by atoms with E-state index >= 15 is 0 Å². The monoisotopic (exact) mass is 171 g/mol. The first kappa shape index (κ1) is 9.03. The van der Waals surface area contributed by atoms with Crippen LogP contribution in [0.2, 0.25) is 0 Å². The van der Waals surface area contributed by atoms with Gasteiger partial charge in [-0.25, -0.2) is 4.79 Å². The Morgan fingerprint density at radius 1 is 1.58 bits per heavy atom. The maximum Gasteiger partial charge on any atom is 0.417 e. The molecule has 1 saturated heterocycles. The van der Waals surface area contributed by atoms with E-state index in [1.807, 2.05) is 6.92 Å². The van der Waals surface area contributed by atoms with Crippen LogP contribution < -0.4 is 0 Å². The number of hydrogen-bond acceptors (Lipinski definition) is 3. The van der Waals surface area contributed by atoms with Gasteiger partial charge in [0.05, 0.1) is 5.41 Å². The van der Waals surface area contributed by atoms with Gasteiger partial charge in [-0.05, 0) is 13.3 Å². The van der Waals surface area contributed by atoms with Gasteiger partial charge in [-0.2, -0.15) is 0 Å². The standard InChI is InChI=1S/C8H13NO3/c1-4-8(2)5-9(3)7(11)12-6(8)10/h4-5H2,1-3H3. The van der Waals surface area contributed by atoms with Crippen molar-refractivity contribution in [3.63, 3.8) is 0 Å². The number of hydrogen-bond donors (Lipinski definition) is 0. The highest BCUT2D eigenvalue weighted by molar-refractivity contribution is 5.90. The van der Waals surface area contributed by atoms with Gasteiger partial charge in [-0.1, -0.05) is 6.92 Å². The number of rotatable bonds is 1. The van der Waals surface area contributed by atoms with Crippen LogP contribution in [-0.2, 0) is 9.53 Å². The van der Waals surface area contributed by atoms with Gasteiger partial charge in [0, 0.05) is 13.6 Å². The summed E-state index contributed by atoms with van der Waals surface area (Å²) in [7, 11) is 1.63. The van der Waals surface area contributed by atoms with E-state index in [4.69, 9.17) is 0 Å². The first-order valence-corrected chi connectivity index (χ1v) is 3.97. The second kappa shape index (κ2) is 2.77. The molecule has 1 amide bonds. The van der Waals surface area contributed by atoms with Crippen molar-refractivity contribution in [3.8, 4) is 0 Å². The first-order valence-electron chi connectivity index (χ1n) is 3.97. The molecule has 1 aliphatic heterocycles. The molecule has 68 valence electrons. The second-order valence-electron chi connectivity index (χ2n) is 3.43. The van der Waals surface area contributed by atoms with Crippen molar-refractivity contribution in [2.24, 2.45) is 5.41 Å². The van der Waals surface area contributed by atoms with Gasteiger partial charge in [0.25, 0.3) is 0 Å². The van der Waals surface area contributed by atoms with Gasteiger partial charge in [-0.3, -0.25) is 4.79 Å². The highest BCUT2D eigenvalue weighted by Gasteiger charge is 2.41. The molecule has 0 aliphatic carbocycles. The van der Waals surface area contributed by atoms with E-state index in [9.17, 15) is 9.59 Å². The van der Waals surface area contributed by atoms with Crippen LogP contribution >= 0.6 is 0 Å². The summed E-state index contributed by atoms with van der Waals surface area (Å²) in [4.78, 5) is 23.5. The Balaban J connectivity index is 2.81. The summed E-state index contributed by atoms with van der Waals surface area (Å²) >= 11 is 0. The summed E-state index contributed by atoms with van der Waals surface area (Å²) < 4.78 is 4.55. The van der Waals surface area contributed by atoms with E-state index in [1.165, 1.54) is 4.90 Å². The van der Waals surface area contributed by atoms with Crippen molar-refractivity contribution < 1.29 is 14.3 Å². The largest absolute Gasteiger partial charge is 0.417 e. The Labute approximate surface area is 71.5 Å². The molecule has 1 heterocycles. The van der Waals surface area contributed by atoms with Gasteiger partial charge in [0.2, 0.25) is 0 Å². The van der Waals surface area contributed by atoms with Gasteiger partial charge in [-0.15, -0.1) is 0 Å². The van der Waals surface area contributed by atoms with Crippen LogP contribution in [-0.4, -0.2) is 30.6 Å². The zero-order valence-electron chi connectivity index (χ0n) is 7.59. The second-order valence-corrected chi connectivity index (χ2v) is 3.43. The van der Waals surface area contributed by atoms with Crippen LogP contribution in [0.25, 0.3) is 0 Å². The molecule has 12 heavy (non-hydrogen) atoms. The van der Waals surface area contributed by atoms with E-state index in [0.29, 0.717) is 13.0 Å². The number of nitrogens with zero attached hydrogens (tertiary/aromatic N) is 1. The summed E-state index contributed by atoms with van der Waals surface area (Å²) in [5.41, 5.74) is -0.525. The smallest absolute Gasteiger partial charge is 0.376 e. The van der Waals surface area contributed by atoms with Gasteiger partial charge < -0.3 is 9.64 Å². The average molecular weight is 171 g/mol. The van der Waals surface area contributed by atoms with Crippen molar-refractivity contribution in [2.45, 2.75) is 20.3 Å². The summed E-state index contributed by atoms with van der Waals surface area (Å²) in [5, 5.41) is 0.